The van der Waals surface area contributed by atoms with Gasteiger partial charge >= 0.3 is 0 Å². The van der Waals surface area contributed by atoms with Gasteiger partial charge in [-0.15, -0.1) is 0 Å². The number of thiocarbonyl (C=S) groups is 1. The summed E-state index contributed by atoms with van der Waals surface area (Å²) in [5, 5.41) is 6.36. The summed E-state index contributed by atoms with van der Waals surface area (Å²) in [6, 6.07) is 17.8. The van der Waals surface area contributed by atoms with Crippen LogP contribution in [0.15, 0.2) is 54.6 Å². The topological polar surface area (TPSA) is 41.1 Å². The molecule has 0 atom stereocenters. The molecule has 2 aromatic rings. The van der Waals surface area contributed by atoms with Gasteiger partial charge in [0.1, 0.15) is 0 Å². The fourth-order valence-electron chi connectivity index (χ4n) is 4.19. The van der Waals surface area contributed by atoms with Gasteiger partial charge in [0, 0.05) is 12.1 Å². The Labute approximate surface area is 213 Å². The number of hydrogen-bond donors (Lipinski definition) is 2. The van der Waals surface area contributed by atoms with Crippen LogP contribution in [0.4, 0.5) is 0 Å². The van der Waals surface area contributed by atoms with Crippen molar-refractivity contribution < 1.29 is 4.79 Å². The van der Waals surface area contributed by atoms with E-state index < -0.39 is 0 Å². The Balaban J connectivity index is 1.45. The minimum absolute atomic E-state index is 0.168. The zero-order valence-electron chi connectivity index (χ0n) is 21.1. The van der Waals surface area contributed by atoms with Crippen LogP contribution >= 0.6 is 12.2 Å². The number of unbranched alkanes of at least 4 members (excludes halogenated alkanes) is 13. The van der Waals surface area contributed by atoms with Crippen LogP contribution in [0.25, 0.3) is 11.1 Å². The third-order valence-corrected chi connectivity index (χ3v) is 6.54. The molecule has 0 heterocycles. The number of nitrogens with one attached hydrogen (secondary N) is 2. The largest absolute Gasteiger partial charge is 0.362 e. The van der Waals surface area contributed by atoms with Crippen molar-refractivity contribution in [3.05, 3.63) is 60.2 Å². The van der Waals surface area contributed by atoms with E-state index in [4.69, 9.17) is 12.2 Å². The molecular weight excluding hydrogens is 436 g/mol. The number of carbonyl (C=O) groups excluding carboxylic acids is 1. The smallest absolute Gasteiger partial charge is 0.257 e. The van der Waals surface area contributed by atoms with Crippen molar-refractivity contribution in [2.75, 3.05) is 6.54 Å². The lowest BCUT2D eigenvalue weighted by molar-refractivity contribution is 0.0976. The fourth-order valence-corrected chi connectivity index (χ4v) is 4.38. The summed E-state index contributed by atoms with van der Waals surface area (Å²) >= 11 is 5.29. The molecule has 0 radical (unpaired) electrons. The van der Waals surface area contributed by atoms with E-state index in [2.05, 4.69) is 29.7 Å². The molecule has 34 heavy (non-hydrogen) atoms. The number of benzene rings is 2. The van der Waals surface area contributed by atoms with Gasteiger partial charge in [0.2, 0.25) is 0 Å². The maximum absolute atomic E-state index is 12.4. The molecular formula is C30H44N2OS. The third-order valence-electron chi connectivity index (χ3n) is 6.30. The minimum atomic E-state index is -0.168. The van der Waals surface area contributed by atoms with E-state index in [1.807, 2.05) is 42.5 Å². The normalized spacial score (nSPS) is 10.7. The maximum Gasteiger partial charge on any atom is 0.257 e. The van der Waals surface area contributed by atoms with Gasteiger partial charge in [-0.25, -0.2) is 0 Å². The van der Waals surface area contributed by atoms with Crippen molar-refractivity contribution >= 4 is 23.2 Å². The van der Waals surface area contributed by atoms with E-state index in [0.29, 0.717) is 10.7 Å². The van der Waals surface area contributed by atoms with Crippen LogP contribution in [0.3, 0.4) is 0 Å². The van der Waals surface area contributed by atoms with E-state index >= 15 is 0 Å². The lowest BCUT2D eigenvalue weighted by Gasteiger charge is -2.10. The Morgan fingerprint density at radius 2 is 1.12 bits per heavy atom. The molecule has 2 rings (SSSR count). The second kappa shape index (κ2) is 18.2. The van der Waals surface area contributed by atoms with Crippen molar-refractivity contribution in [2.45, 2.75) is 96.8 Å². The van der Waals surface area contributed by atoms with Gasteiger partial charge in [-0.05, 0) is 41.9 Å². The van der Waals surface area contributed by atoms with E-state index in [9.17, 15) is 4.79 Å². The first kappa shape index (κ1) is 28.0. The maximum atomic E-state index is 12.4. The van der Waals surface area contributed by atoms with Gasteiger partial charge in [-0.2, -0.15) is 0 Å². The molecule has 0 aliphatic heterocycles. The number of amides is 1. The van der Waals surface area contributed by atoms with Gasteiger partial charge in [-0.3, -0.25) is 10.1 Å². The molecule has 0 fully saturated rings. The van der Waals surface area contributed by atoms with E-state index in [-0.39, 0.29) is 5.91 Å². The Kier molecular flexibility index (Phi) is 15.0. The Morgan fingerprint density at radius 1 is 0.647 bits per heavy atom. The van der Waals surface area contributed by atoms with Gasteiger partial charge in [-0.1, -0.05) is 133 Å². The average Bonchev–Trinajstić information content (AvgIpc) is 2.87. The van der Waals surface area contributed by atoms with Crippen molar-refractivity contribution in [3.63, 3.8) is 0 Å². The summed E-state index contributed by atoms with van der Waals surface area (Å²) < 4.78 is 0. The Hall–Kier alpha value is -2.20. The molecule has 2 aromatic carbocycles. The highest BCUT2D eigenvalue weighted by molar-refractivity contribution is 7.80. The highest BCUT2D eigenvalue weighted by Gasteiger charge is 2.08. The molecule has 0 unspecified atom stereocenters. The van der Waals surface area contributed by atoms with Crippen molar-refractivity contribution in [2.24, 2.45) is 0 Å². The molecule has 0 aliphatic carbocycles. The highest BCUT2D eigenvalue weighted by Crippen LogP contribution is 2.19. The standard InChI is InChI=1S/C30H44N2OS/c1-2-3-4-5-6-7-8-9-10-11-12-13-14-18-25-31-30(34)32-29(33)28-23-21-27(22-24-28)26-19-16-15-17-20-26/h15-17,19-24H,2-14,18,25H2,1H3,(H2,31,32,33,34). The molecule has 0 bridgehead atoms. The number of carbonyl (C=O) groups is 1. The molecule has 0 spiro atoms. The van der Waals surface area contributed by atoms with Gasteiger partial charge in [0.05, 0.1) is 0 Å². The zero-order valence-corrected chi connectivity index (χ0v) is 21.9. The van der Waals surface area contributed by atoms with E-state index in [1.165, 1.54) is 83.5 Å². The van der Waals surface area contributed by atoms with E-state index in [1.54, 1.807) is 0 Å². The summed E-state index contributed by atoms with van der Waals surface area (Å²) in [7, 11) is 0. The summed E-state index contributed by atoms with van der Waals surface area (Å²) in [5.74, 6) is -0.168. The average molecular weight is 481 g/mol. The highest BCUT2D eigenvalue weighted by atomic mass is 32.1. The first-order valence-electron chi connectivity index (χ1n) is 13.5. The molecule has 1 amide bonds. The van der Waals surface area contributed by atoms with Gasteiger partial charge in [0.15, 0.2) is 5.11 Å². The van der Waals surface area contributed by atoms with Gasteiger partial charge < -0.3 is 5.32 Å². The molecule has 4 heteroatoms. The van der Waals surface area contributed by atoms with Crippen LogP contribution < -0.4 is 10.6 Å². The minimum Gasteiger partial charge on any atom is -0.362 e. The second-order valence-corrected chi connectivity index (χ2v) is 9.66. The predicted molar refractivity (Wildman–Crippen MR) is 150 cm³/mol. The van der Waals surface area contributed by atoms with E-state index in [0.717, 1.165) is 24.1 Å². The van der Waals surface area contributed by atoms with Crippen molar-refractivity contribution in [1.82, 2.24) is 10.6 Å². The Morgan fingerprint density at radius 3 is 1.65 bits per heavy atom. The first-order valence-corrected chi connectivity index (χ1v) is 13.9. The summed E-state index contributed by atoms with van der Waals surface area (Å²) in [4.78, 5) is 12.4. The van der Waals surface area contributed by atoms with Crippen molar-refractivity contribution in [1.29, 1.82) is 0 Å². The van der Waals surface area contributed by atoms with Gasteiger partial charge in [0.25, 0.3) is 5.91 Å². The molecule has 0 aromatic heterocycles. The lowest BCUT2D eigenvalue weighted by atomic mass is 10.0. The molecule has 0 saturated heterocycles. The third kappa shape index (κ3) is 12.3. The first-order chi connectivity index (χ1) is 16.7. The van der Waals surface area contributed by atoms with Crippen LogP contribution in [0.5, 0.6) is 0 Å². The van der Waals surface area contributed by atoms with Crippen LogP contribution in [0.2, 0.25) is 0 Å². The SMILES string of the molecule is CCCCCCCCCCCCCCCCNC(=S)NC(=O)c1ccc(-c2ccccc2)cc1. The molecule has 186 valence electrons. The number of hydrogen-bond acceptors (Lipinski definition) is 2. The predicted octanol–water partition coefficient (Wildman–Crippen LogP) is 8.44. The molecule has 0 aliphatic rings. The van der Waals surface area contributed by atoms with Crippen LogP contribution in [0, 0.1) is 0 Å². The summed E-state index contributed by atoms with van der Waals surface area (Å²) in [5.41, 5.74) is 2.84. The number of rotatable bonds is 17. The van der Waals surface area contributed by atoms with Crippen LogP contribution in [0.1, 0.15) is 107 Å². The monoisotopic (exact) mass is 480 g/mol. The second-order valence-electron chi connectivity index (χ2n) is 9.25. The van der Waals surface area contributed by atoms with Crippen LogP contribution in [-0.4, -0.2) is 17.6 Å². The Bertz CT molecular complexity index is 804. The molecule has 3 nitrogen and oxygen atoms in total. The summed E-state index contributed by atoms with van der Waals surface area (Å²) in [6.07, 6.45) is 18.9. The molecule has 2 N–H and O–H groups in total. The zero-order chi connectivity index (χ0) is 24.3. The molecule has 0 saturated carbocycles. The quantitative estimate of drug-likeness (QED) is 0.176. The van der Waals surface area contributed by atoms with Crippen LogP contribution in [-0.2, 0) is 0 Å². The van der Waals surface area contributed by atoms with Crippen molar-refractivity contribution in [3.8, 4) is 11.1 Å². The summed E-state index contributed by atoms with van der Waals surface area (Å²) in [6.45, 7) is 3.09. The lowest BCUT2D eigenvalue weighted by Crippen LogP contribution is -2.39. The fraction of sp³-hybridized carbons (Fsp3) is 0.533.